The lowest BCUT2D eigenvalue weighted by atomic mass is 10.1. The maximum Gasteiger partial charge on any atom is 0.280 e. The number of pyridine rings is 1. The molecule has 0 aliphatic carbocycles. The number of aryl methyl sites for hydroxylation is 1. The van der Waals surface area contributed by atoms with E-state index in [9.17, 15) is 4.79 Å². The fourth-order valence-corrected chi connectivity index (χ4v) is 3.32. The van der Waals surface area contributed by atoms with Gasteiger partial charge in [0.1, 0.15) is 0 Å². The zero-order chi connectivity index (χ0) is 18.0. The summed E-state index contributed by atoms with van der Waals surface area (Å²) in [7, 11) is -0.579. The molecule has 0 bridgehead atoms. The Balaban J connectivity index is 2.03. The molecule has 1 unspecified atom stereocenters. The van der Waals surface area contributed by atoms with Gasteiger partial charge in [0.2, 0.25) is 0 Å². The topological polar surface area (TPSA) is 98.3 Å². The molecule has 0 fully saturated rings. The van der Waals surface area contributed by atoms with Crippen LogP contribution in [-0.2, 0) is 10.7 Å². The van der Waals surface area contributed by atoms with Gasteiger partial charge in [0.25, 0.3) is 5.56 Å². The first kappa shape index (κ1) is 16.9. The number of nitriles is 1. The van der Waals surface area contributed by atoms with Crippen LogP contribution in [0.2, 0.25) is 0 Å². The summed E-state index contributed by atoms with van der Waals surface area (Å²) in [6, 6.07) is 12.6. The molecule has 3 aromatic rings. The summed E-state index contributed by atoms with van der Waals surface area (Å²) in [5.74, 6) is 1.23. The van der Waals surface area contributed by atoms with Gasteiger partial charge in [0.05, 0.1) is 17.2 Å². The van der Waals surface area contributed by atoms with Crippen molar-refractivity contribution in [1.29, 1.82) is 10.0 Å². The van der Waals surface area contributed by atoms with Crippen molar-refractivity contribution in [2.75, 3.05) is 5.75 Å². The Kier molecular flexibility index (Phi) is 4.63. The smallest absolute Gasteiger partial charge is 0.280 e. The van der Waals surface area contributed by atoms with Crippen molar-refractivity contribution in [3.05, 3.63) is 64.2 Å². The normalized spacial score (nSPS) is 11.9. The van der Waals surface area contributed by atoms with Gasteiger partial charge < -0.3 is 0 Å². The lowest BCUT2D eigenvalue weighted by molar-refractivity contribution is 0.804. The number of rotatable bonds is 4. The number of aromatic amines is 1. The van der Waals surface area contributed by atoms with Gasteiger partial charge in [-0.05, 0) is 36.8 Å². The molecule has 126 valence electrons. The van der Waals surface area contributed by atoms with Crippen LogP contribution in [-0.4, -0.2) is 20.5 Å². The van der Waals surface area contributed by atoms with E-state index in [0.29, 0.717) is 16.9 Å². The molecule has 0 saturated carbocycles. The Morgan fingerprint density at radius 1 is 1.28 bits per heavy atom. The van der Waals surface area contributed by atoms with Crippen molar-refractivity contribution < 1.29 is 0 Å². The molecule has 3 rings (SSSR count). The van der Waals surface area contributed by atoms with Crippen LogP contribution in [0, 0.1) is 23.0 Å². The molecule has 2 N–H and O–H groups in total. The van der Waals surface area contributed by atoms with E-state index in [2.05, 4.69) is 16.2 Å². The second-order valence-electron chi connectivity index (χ2n) is 5.47. The van der Waals surface area contributed by atoms with Crippen LogP contribution in [0.1, 0.15) is 18.2 Å². The van der Waals surface area contributed by atoms with Gasteiger partial charge in [-0.25, -0.2) is 9.67 Å². The van der Waals surface area contributed by atoms with Crippen molar-refractivity contribution in [1.82, 2.24) is 14.8 Å². The molecule has 7 heteroatoms. The quantitative estimate of drug-likeness (QED) is 0.755. The molecule has 1 aromatic carbocycles. The Morgan fingerprint density at radius 3 is 2.56 bits per heavy atom. The summed E-state index contributed by atoms with van der Waals surface area (Å²) in [6.45, 7) is 3.80. The standard InChI is InChI=1S/C18H17N5OS/c1-3-25(20)15-8-9-16(21-11-15)23-18(24)17(12(2)22-23)14-6-4-13(10-19)5-7-14/h4-9,11,20,22H,3H2,1-2H3. The molecule has 0 amide bonds. The molecule has 0 aliphatic rings. The SMILES string of the molecule is CCS(=N)c1ccc(-n2[nH]c(C)c(-c3ccc(C#N)cc3)c2=O)nc1. The Hall–Kier alpha value is -2.98. The minimum Gasteiger partial charge on any atom is -0.293 e. The fourth-order valence-electron chi connectivity index (χ4n) is 2.58. The number of hydrogen-bond donors (Lipinski definition) is 2. The highest BCUT2D eigenvalue weighted by atomic mass is 32.2. The number of benzene rings is 1. The van der Waals surface area contributed by atoms with Crippen molar-refractivity contribution >= 4 is 10.7 Å². The van der Waals surface area contributed by atoms with Crippen molar-refractivity contribution in [3.63, 3.8) is 0 Å². The monoisotopic (exact) mass is 351 g/mol. The summed E-state index contributed by atoms with van der Waals surface area (Å²) in [6.07, 6.45) is 1.65. The lowest BCUT2D eigenvalue weighted by Crippen LogP contribution is -2.17. The fraction of sp³-hybridized carbons (Fsp3) is 0.167. The van der Waals surface area contributed by atoms with E-state index in [4.69, 9.17) is 10.0 Å². The summed E-state index contributed by atoms with van der Waals surface area (Å²) >= 11 is 0. The summed E-state index contributed by atoms with van der Waals surface area (Å²) in [5.41, 5.74) is 2.41. The predicted molar refractivity (Wildman–Crippen MR) is 98.0 cm³/mol. The van der Waals surface area contributed by atoms with Crippen molar-refractivity contribution in [2.24, 2.45) is 0 Å². The van der Waals surface area contributed by atoms with Crippen molar-refractivity contribution in [2.45, 2.75) is 18.7 Å². The third-order valence-electron chi connectivity index (χ3n) is 3.90. The van der Waals surface area contributed by atoms with Gasteiger partial charge in [-0.1, -0.05) is 29.7 Å². The van der Waals surface area contributed by atoms with E-state index in [1.54, 1.807) is 36.5 Å². The van der Waals surface area contributed by atoms with E-state index >= 15 is 0 Å². The van der Waals surface area contributed by atoms with Gasteiger partial charge in [-0.15, -0.1) is 0 Å². The zero-order valence-corrected chi connectivity index (χ0v) is 14.7. The van der Waals surface area contributed by atoms with Gasteiger partial charge in [0.15, 0.2) is 5.82 Å². The molecule has 1 atom stereocenters. The van der Waals surface area contributed by atoms with E-state index < -0.39 is 10.7 Å². The number of nitrogens with zero attached hydrogens (tertiary/aromatic N) is 3. The highest BCUT2D eigenvalue weighted by molar-refractivity contribution is 7.86. The minimum atomic E-state index is -0.579. The zero-order valence-electron chi connectivity index (χ0n) is 13.9. The van der Waals surface area contributed by atoms with Crippen LogP contribution in [0.4, 0.5) is 0 Å². The average molecular weight is 351 g/mol. The first-order valence-electron chi connectivity index (χ1n) is 7.76. The Morgan fingerprint density at radius 2 is 2.00 bits per heavy atom. The van der Waals surface area contributed by atoms with Crippen LogP contribution in [0.15, 0.2) is 52.3 Å². The van der Waals surface area contributed by atoms with Crippen LogP contribution in [0.3, 0.4) is 0 Å². The molecule has 0 radical (unpaired) electrons. The third-order valence-corrected chi connectivity index (χ3v) is 5.29. The van der Waals surface area contributed by atoms with Gasteiger partial charge >= 0.3 is 0 Å². The third kappa shape index (κ3) is 3.16. The number of H-pyrrole nitrogens is 1. The van der Waals surface area contributed by atoms with E-state index in [-0.39, 0.29) is 5.56 Å². The average Bonchev–Trinajstić information content (AvgIpc) is 2.95. The minimum absolute atomic E-state index is 0.192. The van der Waals surface area contributed by atoms with Crippen LogP contribution >= 0.6 is 0 Å². The molecule has 2 heterocycles. The van der Waals surface area contributed by atoms with Gasteiger partial charge in [0, 0.05) is 22.5 Å². The highest BCUT2D eigenvalue weighted by Crippen LogP contribution is 2.20. The van der Waals surface area contributed by atoms with Crippen LogP contribution in [0.25, 0.3) is 16.9 Å². The number of aromatic nitrogens is 3. The Labute approximate surface area is 147 Å². The molecule has 6 nitrogen and oxygen atoms in total. The van der Waals surface area contributed by atoms with E-state index in [0.717, 1.165) is 21.9 Å². The maximum absolute atomic E-state index is 12.8. The summed E-state index contributed by atoms with van der Waals surface area (Å²) in [4.78, 5) is 18.0. The van der Waals surface area contributed by atoms with Crippen LogP contribution < -0.4 is 5.56 Å². The maximum atomic E-state index is 12.8. The van der Waals surface area contributed by atoms with E-state index in [1.807, 2.05) is 19.9 Å². The first-order chi connectivity index (χ1) is 12.0. The molecular formula is C18H17N5OS. The highest BCUT2D eigenvalue weighted by Gasteiger charge is 2.15. The number of hydrogen-bond acceptors (Lipinski definition) is 4. The van der Waals surface area contributed by atoms with Gasteiger partial charge in [-0.2, -0.15) is 5.26 Å². The molecule has 0 spiro atoms. The van der Waals surface area contributed by atoms with E-state index in [1.165, 1.54) is 4.68 Å². The molecular weight excluding hydrogens is 334 g/mol. The van der Waals surface area contributed by atoms with Crippen molar-refractivity contribution in [3.8, 4) is 23.0 Å². The second-order valence-corrected chi connectivity index (χ2v) is 7.30. The largest absolute Gasteiger partial charge is 0.293 e. The predicted octanol–water partition coefficient (Wildman–Crippen LogP) is 3.17. The van der Waals surface area contributed by atoms with Crippen LogP contribution in [0.5, 0.6) is 0 Å². The van der Waals surface area contributed by atoms with Gasteiger partial charge in [-0.3, -0.25) is 14.7 Å². The molecule has 0 aliphatic heterocycles. The molecule has 0 saturated heterocycles. The Bertz CT molecular complexity index is 1020. The molecule has 2 aromatic heterocycles. The summed E-state index contributed by atoms with van der Waals surface area (Å²) < 4.78 is 9.35. The summed E-state index contributed by atoms with van der Waals surface area (Å²) in [5, 5.41) is 11.9. The first-order valence-corrected chi connectivity index (χ1v) is 9.15. The lowest BCUT2D eigenvalue weighted by Gasteiger charge is -2.04. The molecule has 25 heavy (non-hydrogen) atoms. The second kappa shape index (κ2) is 6.87. The number of nitrogens with one attached hydrogen (secondary N) is 2.